The Bertz CT molecular complexity index is 1760. The van der Waals surface area contributed by atoms with E-state index in [0.717, 1.165) is 68.4 Å². The number of aryl methyl sites for hydroxylation is 2. The Morgan fingerprint density at radius 2 is 1.67 bits per heavy atom. The van der Waals surface area contributed by atoms with E-state index in [1.165, 1.54) is 18.6 Å². The third-order valence-corrected chi connectivity index (χ3v) is 12.0. The van der Waals surface area contributed by atoms with Gasteiger partial charge in [0.2, 0.25) is 11.8 Å². The van der Waals surface area contributed by atoms with Crippen LogP contribution in [0.3, 0.4) is 0 Å². The Labute approximate surface area is 292 Å². The zero-order valence-corrected chi connectivity index (χ0v) is 31.1. The molecule has 1 saturated carbocycles. The Balaban J connectivity index is 1.34. The summed E-state index contributed by atoms with van der Waals surface area (Å²) < 4.78 is 36.5. The predicted octanol–water partition coefficient (Wildman–Crippen LogP) is 7.49. The van der Waals surface area contributed by atoms with Gasteiger partial charge in [0.15, 0.2) is 0 Å². The van der Waals surface area contributed by atoms with Crippen LogP contribution < -0.4 is 9.46 Å². The number of amides is 1. The lowest BCUT2D eigenvalue weighted by molar-refractivity contribution is -0.0534. The van der Waals surface area contributed by atoms with Crippen molar-refractivity contribution >= 4 is 21.9 Å². The van der Waals surface area contributed by atoms with E-state index in [9.17, 15) is 13.2 Å². The monoisotopic (exact) mass is 687 g/mol. The third-order valence-electron chi connectivity index (χ3n) is 10.7. The highest BCUT2D eigenvalue weighted by Gasteiger charge is 2.50. The molecule has 1 N–H and O–H groups in total. The Morgan fingerprint density at radius 1 is 1.00 bits per heavy atom. The number of likely N-dealkylation sites (tertiary alicyclic amines) is 1. The van der Waals surface area contributed by atoms with Crippen molar-refractivity contribution in [3.63, 3.8) is 0 Å². The predicted molar refractivity (Wildman–Crippen MR) is 194 cm³/mol. The van der Waals surface area contributed by atoms with Gasteiger partial charge < -0.3 is 14.5 Å². The first-order valence-electron chi connectivity index (χ1n) is 17.9. The van der Waals surface area contributed by atoms with Gasteiger partial charge in [-0.05, 0) is 118 Å². The van der Waals surface area contributed by atoms with Crippen molar-refractivity contribution in [2.75, 3.05) is 31.0 Å². The molecular formula is C39H53N5O4S. The topological polar surface area (TPSA) is 105 Å². The number of rotatable bonds is 6. The molecule has 0 radical (unpaired) electrons. The van der Waals surface area contributed by atoms with E-state index in [2.05, 4.69) is 54.2 Å². The second kappa shape index (κ2) is 13.7. The van der Waals surface area contributed by atoms with Crippen LogP contribution in [0.4, 0.5) is 5.95 Å². The summed E-state index contributed by atoms with van der Waals surface area (Å²) in [7, 11) is -4.11. The van der Waals surface area contributed by atoms with Crippen molar-refractivity contribution in [2.45, 2.75) is 104 Å². The Kier molecular flexibility index (Phi) is 9.85. The van der Waals surface area contributed by atoms with Gasteiger partial charge >= 0.3 is 0 Å². The summed E-state index contributed by atoms with van der Waals surface area (Å²) in [5, 5.41) is 0. The SMILES string of the molecule is Cc1cccc(C)c1-c1cc2nc(n1)NS(=O)(=O)c1cccc(c1)C(=O)N(C1CC3(CCN(CCC(C)(C)C)CC3)C1)[C@H](CC(C)C)CO2. The van der Waals surface area contributed by atoms with Crippen LogP contribution in [0.5, 0.6) is 5.88 Å². The minimum Gasteiger partial charge on any atom is -0.475 e. The molecule has 0 unspecified atom stereocenters. The third kappa shape index (κ3) is 7.96. The molecule has 1 atom stereocenters. The number of hydrogen-bond acceptors (Lipinski definition) is 7. The van der Waals surface area contributed by atoms with Crippen LogP contribution in [0.1, 0.15) is 94.6 Å². The Morgan fingerprint density at radius 3 is 2.33 bits per heavy atom. The fraction of sp³-hybridized carbons (Fsp3) is 0.564. The number of piperidine rings is 1. The van der Waals surface area contributed by atoms with E-state index in [1.54, 1.807) is 18.2 Å². The summed E-state index contributed by atoms with van der Waals surface area (Å²) in [4.78, 5) is 28.4. The van der Waals surface area contributed by atoms with Gasteiger partial charge in [-0.25, -0.2) is 18.1 Å². The molecular weight excluding hydrogens is 635 g/mol. The van der Waals surface area contributed by atoms with Gasteiger partial charge in [0, 0.05) is 23.2 Å². The first-order valence-corrected chi connectivity index (χ1v) is 19.4. The number of carbonyl (C=O) groups is 1. The lowest BCUT2D eigenvalue weighted by Crippen LogP contribution is -2.60. The molecule has 3 aromatic rings. The molecule has 2 aromatic carbocycles. The number of sulfonamides is 1. The van der Waals surface area contributed by atoms with E-state index < -0.39 is 10.0 Å². The number of hydrogen-bond donors (Lipinski definition) is 1. The van der Waals surface area contributed by atoms with Gasteiger partial charge in [0.1, 0.15) is 6.61 Å². The first-order chi connectivity index (χ1) is 23.1. The summed E-state index contributed by atoms with van der Waals surface area (Å²) in [6.07, 6.45) is 6.12. The minimum absolute atomic E-state index is 0.00536. The van der Waals surface area contributed by atoms with Crippen molar-refractivity contribution in [3.05, 3.63) is 65.2 Å². The van der Waals surface area contributed by atoms with Crippen molar-refractivity contribution in [1.29, 1.82) is 0 Å². The van der Waals surface area contributed by atoms with Crippen LogP contribution in [-0.4, -0.2) is 72.4 Å². The van der Waals surface area contributed by atoms with E-state index in [0.29, 0.717) is 22.6 Å². The number of nitrogens with one attached hydrogen (secondary N) is 1. The van der Waals surface area contributed by atoms with Gasteiger partial charge in [-0.1, -0.05) is 58.9 Å². The molecule has 10 heteroatoms. The molecule has 3 heterocycles. The molecule has 2 aliphatic heterocycles. The van der Waals surface area contributed by atoms with E-state index in [-0.39, 0.29) is 46.7 Å². The van der Waals surface area contributed by atoms with Gasteiger partial charge in [-0.3, -0.25) is 4.79 Å². The summed E-state index contributed by atoms with van der Waals surface area (Å²) >= 11 is 0. The summed E-state index contributed by atoms with van der Waals surface area (Å²) in [5.74, 6) is 0.351. The van der Waals surface area contributed by atoms with Crippen molar-refractivity contribution in [3.8, 4) is 17.1 Å². The zero-order chi connectivity index (χ0) is 35.1. The van der Waals surface area contributed by atoms with Gasteiger partial charge in [0.05, 0.1) is 16.6 Å². The molecule has 49 heavy (non-hydrogen) atoms. The zero-order valence-electron chi connectivity index (χ0n) is 30.3. The maximum absolute atomic E-state index is 14.6. The first kappa shape index (κ1) is 35.3. The Hall–Kier alpha value is -3.50. The fourth-order valence-electron chi connectivity index (χ4n) is 7.92. The average molecular weight is 688 g/mol. The number of anilines is 1. The largest absolute Gasteiger partial charge is 0.475 e. The maximum Gasteiger partial charge on any atom is 0.264 e. The molecule has 9 nitrogen and oxygen atoms in total. The summed E-state index contributed by atoms with van der Waals surface area (Å²) in [6, 6.07) is 14.0. The van der Waals surface area contributed by atoms with Crippen LogP contribution in [0.15, 0.2) is 53.4 Å². The normalized spacial score (nSPS) is 21.3. The average Bonchev–Trinajstić information content (AvgIpc) is 3.01. The molecule has 1 saturated heterocycles. The van der Waals surface area contributed by atoms with E-state index in [1.807, 2.05) is 36.9 Å². The van der Waals surface area contributed by atoms with Gasteiger partial charge in [-0.2, -0.15) is 4.98 Å². The van der Waals surface area contributed by atoms with Gasteiger partial charge in [-0.15, -0.1) is 0 Å². The molecule has 3 aliphatic rings. The van der Waals surface area contributed by atoms with Crippen molar-refractivity contribution in [2.24, 2.45) is 16.7 Å². The molecule has 2 fully saturated rings. The number of nitrogens with zero attached hydrogens (tertiary/aromatic N) is 4. The maximum atomic E-state index is 14.6. The van der Waals surface area contributed by atoms with Crippen LogP contribution in [0.25, 0.3) is 11.3 Å². The molecule has 1 aromatic heterocycles. The fourth-order valence-corrected chi connectivity index (χ4v) is 8.91. The number of carbonyl (C=O) groups excluding carboxylic acids is 1. The summed E-state index contributed by atoms with van der Waals surface area (Å²) in [6.45, 7) is 18.8. The highest BCUT2D eigenvalue weighted by Crippen LogP contribution is 2.52. The van der Waals surface area contributed by atoms with E-state index in [4.69, 9.17) is 4.74 Å². The summed E-state index contributed by atoms with van der Waals surface area (Å²) in [5.41, 5.74) is 4.43. The second-order valence-corrected chi connectivity index (χ2v) is 18.0. The molecule has 264 valence electrons. The highest BCUT2D eigenvalue weighted by atomic mass is 32.2. The standard InChI is InChI=1S/C39H53N5O4S/c1-26(2)20-30-25-48-34-22-33(35-27(3)10-8-11-28(35)4)40-37(41-34)42-49(46,47)32-13-9-12-29(21-32)36(45)44(30)31-23-39(24-31)15-18-43(19-16-39)17-14-38(5,6)7/h8-13,21-22,26,30-31H,14-20,23-25H2,1-7H3,(H,40,41,42)/t30-/m1/s1. The number of benzene rings is 2. The van der Waals surface area contributed by atoms with Gasteiger partial charge in [0.25, 0.3) is 15.9 Å². The smallest absolute Gasteiger partial charge is 0.264 e. The number of aromatic nitrogens is 2. The highest BCUT2D eigenvalue weighted by molar-refractivity contribution is 7.92. The molecule has 6 rings (SSSR count). The number of fused-ring (bicyclic) bond motifs is 4. The quantitative estimate of drug-likeness (QED) is 0.286. The van der Waals surface area contributed by atoms with Crippen LogP contribution in [0.2, 0.25) is 0 Å². The van der Waals surface area contributed by atoms with Crippen molar-refractivity contribution in [1.82, 2.24) is 19.8 Å². The minimum atomic E-state index is -4.11. The lowest BCUT2D eigenvalue weighted by atomic mass is 9.59. The van der Waals surface area contributed by atoms with Crippen LogP contribution >= 0.6 is 0 Å². The lowest BCUT2D eigenvalue weighted by Gasteiger charge is -2.56. The van der Waals surface area contributed by atoms with Crippen LogP contribution in [-0.2, 0) is 10.0 Å². The molecule has 4 bridgehead atoms. The molecule has 1 aliphatic carbocycles. The molecule has 1 spiro atoms. The number of ether oxygens (including phenoxy) is 1. The van der Waals surface area contributed by atoms with Crippen LogP contribution in [0, 0.1) is 30.6 Å². The van der Waals surface area contributed by atoms with E-state index >= 15 is 0 Å². The van der Waals surface area contributed by atoms with Crippen molar-refractivity contribution < 1.29 is 17.9 Å². The second-order valence-electron chi connectivity index (χ2n) is 16.3. The molecule has 1 amide bonds.